The molecule has 5 nitrogen and oxygen atoms in total. The van der Waals surface area contributed by atoms with Gasteiger partial charge in [0.05, 0.1) is 14.2 Å². The van der Waals surface area contributed by atoms with Crippen molar-refractivity contribution in [3.63, 3.8) is 0 Å². The van der Waals surface area contributed by atoms with Crippen LogP contribution in [-0.2, 0) is 13.0 Å². The zero-order valence-electron chi connectivity index (χ0n) is 12.9. The lowest BCUT2D eigenvalue weighted by Gasteiger charge is -2.29. The van der Waals surface area contributed by atoms with Gasteiger partial charge in [0.1, 0.15) is 0 Å². The van der Waals surface area contributed by atoms with Crippen LogP contribution in [0.5, 0.6) is 11.5 Å². The Kier molecular flexibility index (Phi) is 4.02. The van der Waals surface area contributed by atoms with E-state index in [2.05, 4.69) is 4.98 Å². The molecule has 0 bridgehead atoms. The van der Waals surface area contributed by atoms with Gasteiger partial charge in [-0.3, -0.25) is 4.79 Å². The number of rotatable bonds is 3. The lowest BCUT2D eigenvalue weighted by atomic mass is 9.99. The van der Waals surface area contributed by atoms with E-state index in [4.69, 9.17) is 9.47 Å². The maximum atomic E-state index is 12.5. The maximum absolute atomic E-state index is 12.5. The molecule has 0 aliphatic carbocycles. The third-order valence-corrected chi connectivity index (χ3v) is 4.76. The van der Waals surface area contributed by atoms with Crippen LogP contribution in [0.2, 0.25) is 0 Å². The number of hydrogen-bond donors (Lipinski definition) is 0. The Morgan fingerprint density at radius 3 is 2.50 bits per heavy atom. The highest BCUT2D eigenvalue weighted by Crippen LogP contribution is 2.33. The SMILES string of the molecule is COc1cc2c(cc1OC)CN(C(=O)c1nc(C)cs1)CC2. The van der Waals surface area contributed by atoms with E-state index in [0.717, 1.165) is 23.4 Å². The number of fused-ring (bicyclic) bond motifs is 1. The summed E-state index contributed by atoms with van der Waals surface area (Å²) in [5.74, 6) is 1.43. The minimum atomic E-state index is -0.00136. The van der Waals surface area contributed by atoms with Gasteiger partial charge in [0.2, 0.25) is 0 Å². The highest BCUT2D eigenvalue weighted by atomic mass is 32.1. The molecule has 2 heterocycles. The van der Waals surface area contributed by atoms with Gasteiger partial charge in [0, 0.05) is 24.2 Å². The molecule has 2 aromatic rings. The van der Waals surface area contributed by atoms with E-state index < -0.39 is 0 Å². The monoisotopic (exact) mass is 318 g/mol. The smallest absolute Gasteiger partial charge is 0.283 e. The predicted octanol–water partition coefficient (Wildman–Crippen LogP) is 2.67. The second-order valence-electron chi connectivity index (χ2n) is 5.25. The fraction of sp³-hybridized carbons (Fsp3) is 0.375. The van der Waals surface area contributed by atoms with Gasteiger partial charge in [-0.15, -0.1) is 11.3 Å². The second-order valence-corrected chi connectivity index (χ2v) is 6.10. The molecule has 0 N–H and O–H groups in total. The molecule has 0 fully saturated rings. The van der Waals surface area contributed by atoms with Crippen LogP contribution in [0.4, 0.5) is 0 Å². The largest absolute Gasteiger partial charge is 0.493 e. The normalized spacial score (nSPS) is 13.7. The zero-order chi connectivity index (χ0) is 15.7. The van der Waals surface area contributed by atoms with Crippen LogP contribution < -0.4 is 9.47 Å². The van der Waals surface area contributed by atoms with Crippen molar-refractivity contribution in [2.24, 2.45) is 0 Å². The fourth-order valence-corrected chi connectivity index (χ4v) is 3.41. The Hall–Kier alpha value is -2.08. The molecule has 1 aliphatic heterocycles. The van der Waals surface area contributed by atoms with Crippen LogP contribution in [-0.4, -0.2) is 36.6 Å². The number of ether oxygens (including phenoxy) is 2. The minimum absolute atomic E-state index is 0.00136. The summed E-state index contributed by atoms with van der Waals surface area (Å²) in [6.45, 7) is 3.17. The van der Waals surface area contributed by atoms with E-state index in [9.17, 15) is 4.79 Å². The van der Waals surface area contributed by atoms with E-state index in [0.29, 0.717) is 23.8 Å². The van der Waals surface area contributed by atoms with Gasteiger partial charge in [-0.25, -0.2) is 4.98 Å². The molecule has 1 amide bonds. The highest BCUT2D eigenvalue weighted by molar-refractivity contribution is 7.11. The Bertz CT molecular complexity index is 711. The molecule has 0 unspecified atom stereocenters. The molecule has 0 saturated heterocycles. The molecule has 116 valence electrons. The van der Waals surface area contributed by atoms with Gasteiger partial charge in [0.25, 0.3) is 5.91 Å². The molecule has 0 saturated carbocycles. The van der Waals surface area contributed by atoms with Crippen molar-refractivity contribution in [3.8, 4) is 11.5 Å². The van der Waals surface area contributed by atoms with Crippen molar-refractivity contribution in [2.45, 2.75) is 19.9 Å². The summed E-state index contributed by atoms with van der Waals surface area (Å²) < 4.78 is 10.7. The van der Waals surface area contributed by atoms with E-state index in [1.54, 1.807) is 14.2 Å². The van der Waals surface area contributed by atoms with Gasteiger partial charge >= 0.3 is 0 Å². The summed E-state index contributed by atoms with van der Waals surface area (Å²) in [4.78, 5) is 18.6. The van der Waals surface area contributed by atoms with E-state index in [1.165, 1.54) is 16.9 Å². The molecule has 0 spiro atoms. The number of methoxy groups -OCH3 is 2. The van der Waals surface area contributed by atoms with Crippen molar-refractivity contribution >= 4 is 17.2 Å². The molecular weight excluding hydrogens is 300 g/mol. The summed E-state index contributed by atoms with van der Waals surface area (Å²) in [5, 5.41) is 2.46. The minimum Gasteiger partial charge on any atom is -0.493 e. The summed E-state index contributed by atoms with van der Waals surface area (Å²) >= 11 is 1.40. The van der Waals surface area contributed by atoms with Gasteiger partial charge < -0.3 is 14.4 Å². The van der Waals surface area contributed by atoms with Crippen LogP contribution in [0.3, 0.4) is 0 Å². The number of hydrogen-bond acceptors (Lipinski definition) is 5. The number of benzene rings is 1. The molecule has 6 heteroatoms. The Labute approximate surface area is 133 Å². The molecular formula is C16H18N2O3S. The van der Waals surface area contributed by atoms with Gasteiger partial charge in [0.15, 0.2) is 16.5 Å². The first kappa shape index (κ1) is 14.8. The number of aromatic nitrogens is 1. The van der Waals surface area contributed by atoms with E-state index in [1.807, 2.05) is 29.3 Å². The first-order valence-electron chi connectivity index (χ1n) is 7.07. The van der Waals surface area contributed by atoms with Gasteiger partial charge in [-0.2, -0.15) is 0 Å². The maximum Gasteiger partial charge on any atom is 0.283 e. The van der Waals surface area contributed by atoms with Crippen molar-refractivity contribution in [2.75, 3.05) is 20.8 Å². The van der Waals surface area contributed by atoms with Gasteiger partial charge in [-0.05, 0) is 36.6 Å². The van der Waals surface area contributed by atoms with Crippen molar-refractivity contribution in [1.29, 1.82) is 0 Å². The van der Waals surface area contributed by atoms with Crippen molar-refractivity contribution in [1.82, 2.24) is 9.88 Å². The van der Waals surface area contributed by atoms with Crippen molar-refractivity contribution < 1.29 is 14.3 Å². The van der Waals surface area contributed by atoms with Crippen molar-refractivity contribution in [3.05, 3.63) is 39.3 Å². The lowest BCUT2D eigenvalue weighted by molar-refractivity contribution is 0.0734. The number of carbonyl (C=O) groups excluding carboxylic acids is 1. The Morgan fingerprint density at radius 1 is 1.23 bits per heavy atom. The number of thiazole rings is 1. The molecule has 1 aliphatic rings. The summed E-state index contributed by atoms with van der Waals surface area (Å²) in [5.41, 5.74) is 3.19. The van der Waals surface area contributed by atoms with Crippen LogP contribution in [0.15, 0.2) is 17.5 Å². The van der Waals surface area contributed by atoms with Crippen LogP contribution in [0.25, 0.3) is 0 Å². The molecule has 1 aromatic carbocycles. The first-order valence-corrected chi connectivity index (χ1v) is 7.95. The highest BCUT2D eigenvalue weighted by Gasteiger charge is 2.25. The molecule has 0 radical (unpaired) electrons. The van der Waals surface area contributed by atoms with Crippen LogP contribution >= 0.6 is 11.3 Å². The van der Waals surface area contributed by atoms with Crippen LogP contribution in [0.1, 0.15) is 26.6 Å². The standard InChI is InChI=1S/C16H18N2O3S/c1-10-9-22-15(17-10)16(19)18-5-4-11-6-13(20-2)14(21-3)7-12(11)8-18/h6-7,9H,4-5,8H2,1-3H3. The topological polar surface area (TPSA) is 51.7 Å². The number of aryl methyl sites for hydroxylation is 1. The Balaban J connectivity index is 1.85. The number of nitrogens with zero attached hydrogens (tertiary/aromatic N) is 2. The number of carbonyl (C=O) groups is 1. The fourth-order valence-electron chi connectivity index (χ4n) is 2.64. The third-order valence-electron chi connectivity index (χ3n) is 3.81. The summed E-state index contributed by atoms with van der Waals surface area (Å²) in [7, 11) is 3.25. The lowest BCUT2D eigenvalue weighted by Crippen LogP contribution is -2.36. The van der Waals surface area contributed by atoms with E-state index in [-0.39, 0.29) is 5.91 Å². The average Bonchev–Trinajstić information content (AvgIpc) is 2.98. The number of amides is 1. The quantitative estimate of drug-likeness (QED) is 0.873. The van der Waals surface area contributed by atoms with Gasteiger partial charge in [-0.1, -0.05) is 0 Å². The zero-order valence-corrected chi connectivity index (χ0v) is 13.7. The third kappa shape index (κ3) is 2.66. The molecule has 3 rings (SSSR count). The summed E-state index contributed by atoms with van der Waals surface area (Å²) in [6.07, 6.45) is 0.811. The summed E-state index contributed by atoms with van der Waals surface area (Å²) in [6, 6.07) is 3.96. The van der Waals surface area contributed by atoms with E-state index >= 15 is 0 Å². The molecule has 0 atom stereocenters. The Morgan fingerprint density at radius 2 is 1.91 bits per heavy atom. The first-order chi connectivity index (χ1) is 10.6. The van der Waals surface area contributed by atoms with Crippen LogP contribution in [0, 0.1) is 6.92 Å². The molecule has 22 heavy (non-hydrogen) atoms. The second kappa shape index (κ2) is 5.96. The predicted molar refractivity (Wildman–Crippen MR) is 84.8 cm³/mol. The average molecular weight is 318 g/mol. The molecule has 1 aromatic heterocycles.